The van der Waals surface area contributed by atoms with Gasteiger partial charge in [-0.05, 0) is 6.42 Å². The van der Waals surface area contributed by atoms with E-state index >= 15 is 0 Å². The number of rotatable bonds is 1. The minimum absolute atomic E-state index is 0.904. The van der Waals surface area contributed by atoms with E-state index in [-0.39, 0.29) is 0 Å². The van der Waals surface area contributed by atoms with Crippen molar-refractivity contribution in [1.82, 2.24) is 15.2 Å². The van der Waals surface area contributed by atoms with E-state index in [0.717, 1.165) is 19.0 Å². The predicted molar refractivity (Wildman–Crippen MR) is 33.2 cm³/mol. The molecule has 1 fully saturated rings. The van der Waals surface area contributed by atoms with Crippen molar-refractivity contribution in [1.29, 1.82) is 0 Å². The minimum Gasteiger partial charge on any atom is -0.341 e. The molecule has 0 saturated carbocycles. The molecule has 0 radical (unpaired) electrons. The number of aromatic nitrogens is 3. The molecule has 0 bridgehead atoms. The summed E-state index contributed by atoms with van der Waals surface area (Å²) in [4.78, 5) is 6.16. The van der Waals surface area contributed by atoms with Crippen LogP contribution in [0.3, 0.4) is 0 Å². The molecular formula is C5H8N4. The fourth-order valence-corrected chi connectivity index (χ4v) is 0.879. The number of nitrogens with zero attached hydrogens (tertiary/aromatic N) is 3. The Bertz CT molecular complexity index is 177. The Morgan fingerprint density at radius 2 is 2.44 bits per heavy atom. The molecule has 1 aromatic rings. The standard InChI is InChI=1S/C5H8N4/c1-2-9(3-1)5-6-4-7-8-5/h4H,1-3H2,(H,6,7,8). The van der Waals surface area contributed by atoms with Gasteiger partial charge in [0.2, 0.25) is 5.95 Å². The van der Waals surface area contributed by atoms with E-state index in [4.69, 9.17) is 0 Å². The Morgan fingerprint density at radius 1 is 1.56 bits per heavy atom. The second-order valence-corrected chi connectivity index (χ2v) is 2.15. The lowest BCUT2D eigenvalue weighted by Gasteiger charge is -2.29. The molecule has 1 aliphatic rings. The van der Waals surface area contributed by atoms with Gasteiger partial charge in [-0.25, -0.2) is 5.10 Å². The van der Waals surface area contributed by atoms with E-state index in [0.29, 0.717) is 0 Å². The van der Waals surface area contributed by atoms with E-state index in [1.807, 2.05) is 0 Å². The SMILES string of the molecule is c1n[nH]c(N2CCC2)n1. The zero-order chi connectivity index (χ0) is 6.10. The fourth-order valence-electron chi connectivity index (χ4n) is 0.879. The van der Waals surface area contributed by atoms with Crippen LogP contribution in [0.2, 0.25) is 0 Å². The zero-order valence-corrected chi connectivity index (χ0v) is 5.04. The summed E-state index contributed by atoms with van der Waals surface area (Å²) < 4.78 is 0. The highest BCUT2D eigenvalue weighted by Gasteiger charge is 2.15. The third-order valence-electron chi connectivity index (χ3n) is 1.56. The van der Waals surface area contributed by atoms with Crippen LogP contribution < -0.4 is 4.90 Å². The molecule has 1 N–H and O–H groups in total. The molecule has 1 saturated heterocycles. The Kier molecular flexibility index (Phi) is 0.913. The molecule has 1 aliphatic heterocycles. The Labute approximate surface area is 52.9 Å². The van der Waals surface area contributed by atoms with Gasteiger partial charge in [-0.3, -0.25) is 0 Å². The van der Waals surface area contributed by atoms with Crippen molar-refractivity contribution < 1.29 is 0 Å². The van der Waals surface area contributed by atoms with Crippen molar-refractivity contribution in [3.8, 4) is 0 Å². The molecule has 0 amide bonds. The molecule has 0 aromatic carbocycles. The van der Waals surface area contributed by atoms with E-state index in [1.54, 1.807) is 0 Å². The summed E-state index contributed by atoms with van der Waals surface area (Å²) in [6.07, 6.45) is 2.81. The Morgan fingerprint density at radius 3 is 2.89 bits per heavy atom. The molecule has 48 valence electrons. The van der Waals surface area contributed by atoms with Crippen LogP contribution in [0.4, 0.5) is 5.95 Å². The number of H-pyrrole nitrogens is 1. The molecule has 4 heteroatoms. The largest absolute Gasteiger partial charge is 0.341 e. The first kappa shape index (κ1) is 4.78. The molecular weight excluding hydrogens is 116 g/mol. The highest BCUT2D eigenvalue weighted by molar-refractivity contribution is 5.30. The summed E-state index contributed by atoms with van der Waals surface area (Å²) in [5.41, 5.74) is 0. The van der Waals surface area contributed by atoms with Crippen LogP contribution in [0.1, 0.15) is 6.42 Å². The van der Waals surface area contributed by atoms with Gasteiger partial charge in [0.15, 0.2) is 0 Å². The van der Waals surface area contributed by atoms with Gasteiger partial charge < -0.3 is 4.90 Å². The number of hydrogen-bond donors (Lipinski definition) is 1. The van der Waals surface area contributed by atoms with Crippen molar-refractivity contribution in [2.24, 2.45) is 0 Å². The van der Waals surface area contributed by atoms with Crippen LogP contribution in [0.5, 0.6) is 0 Å². The van der Waals surface area contributed by atoms with Crippen LogP contribution in [-0.2, 0) is 0 Å². The molecule has 2 heterocycles. The second-order valence-electron chi connectivity index (χ2n) is 2.15. The summed E-state index contributed by atoms with van der Waals surface area (Å²) >= 11 is 0. The van der Waals surface area contributed by atoms with Gasteiger partial charge in [-0.15, -0.1) is 0 Å². The number of nitrogens with one attached hydrogen (secondary N) is 1. The van der Waals surface area contributed by atoms with Gasteiger partial charge in [0.05, 0.1) is 0 Å². The molecule has 0 aliphatic carbocycles. The van der Waals surface area contributed by atoms with Crippen LogP contribution in [0.25, 0.3) is 0 Å². The number of aromatic amines is 1. The average molecular weight is 124 g/mol. The maximum absolute atomic E-state index is 4.00. The zero-order valence-electron chi connectivity index (χ0n) is 5.04. The van der Waals surface area contributed by atoms with Gasteiger partial charge in [0, 0.05) is 13.1 Å². The molecule has 0 unspecified atom stereocenters. The molecule has 1 aromatic heterocycles. The maximum atomic E-state index is 4.00. The monoisotopic (exact) mass is 124 g/mol. The second kappa shape index (κ2) is 1.72. The fraction of sp³-hybridized carbons (Fsp3) is 0.600. The minimum atomic E-state index is 0.904. The highest BCUT2D eigenvalue weighted by Crippen LogP contribution is 2.12. The predicted octanol–water partition coefficient (Wildman–Crippen LogP) is 0.0148. The quantitative estimate of drug-likeness (QED) is 0.573. The summed E-state index contributed by atoms with van der Waals surface area (Å²) in [5.74, 6) is 0.904. The third kappa shape index (κ3) is 0.667. The maximum Gasteiger partial charge on any atom is 0.221 e. The van der Waals surface area contributed by atoms with Gasteiger partial charge in [-0.2, -0.15) is 10.1 Å². The van der Waals surface area contributed by atoms with Gasteiger partial charge in [-0.1, -0.05) is 0 Å². The highest BCUT2D eigenvalue weighted by atomic mass is 15.4. The Hall–Kier alpha value is -1.06. The number of anilines is 1. The summed E-state index contributed by atoms with van der Waals surface area (Å²) in [6.45, 7) is 2.24. The topological polar surface area (TPSA) is 44.8 Å². The first-order chi connectivity index (χ1) is 4.47. The summed E-state index contributed by atoms with van der Waals surface area (Å²) in [7, 11) is 0. The lowest BCUT2D eigenvalue weighted by Crippen LogP contribution is -2.37. The molecule has 0 spiro atoms. The molecule has 2 rings (SSSR count). The first-order valence-corrected chi connectivity index (χ1v) is 3.07. The van der Waals surface area contributed by atoms with Crippen molar-refractivity contribution in [3.05, 3.63) is 6.33 Å². The van der Waals surface area contributed by atoms with Gasteiger partial charge in [0.25, 0.3) is 0 Å². The van der Waals surface area contributed by atoms with E-state index < -0.39 is 0 Å². The first-order valence-electron chi connectivity index (χ1n) is 3.07. The molecule has 0 atom stereocenters. The Balaban J connectivity index is 2.14. The van der Waals surface area contributed by atoms with Crippen LogP contribution >= 0.6 is 0 Å². The van der Waals surface area contributed by atoms with Crippen molar-refractivity contribution in [3.63, 3.8) is 0 Å². The van der Waals surface area contributed by atoms with Crippen LogP contribution in [-0.4, -0.2) is 28.3 Å². The smallest absolute Gasteiger partial charge is 0.221 e. The molecule has 9 heavy (non-hydrogen) atoms. The van der Waals surface area contributed by atoms with Crippen molar-refractivity contribution >= 4 is 5.95 Å². The molecule has 4 nitrogen and oxygen atoms in total. The van der Waals surface area contributed by atoms with Crippen LogP contribution in [0.15, 0.2) is 6.33 Å². The summed E-state index contributed by atoms with van der Waals surface area (Å²) in [5, 5.41) is 6.55. The van der Waals surface area contributed by atoms with Gasteiger partial charge >= 0.3 is 0 Å². The van der Waals surface area contributed by atoms with E-state index in [2.05, 4.69) is 20.1 Å². The van der Waals surface area contributed by atoms with E-state index in [9.17, 15) is 0 Å². The van der Waals surface area contributed by atoms with Gasteiger partial charge in [0.1, 0.15) is 6.33 Å². The van der Waals surface area contributed by atoms with Crippen molar-refractivity contribution in [2.75, 3.05) is 18.0 Å². The van der Waals surface area contributed by atoms with Crippen molar-refractivity contribution in [2.45, 2.75) is 6.42 Å². The third-order valence-corrected chi connectivity index (χ3v) is 1.56. The lowest BCUT2D eigenvalue weighted by atomic mass is 10.2. The number of hydrogen-bond acceptors (Lipinski definition) is 3. The van der Waals surface area contributed by atoms with E-state index in [1.165, 1.54) is 12.7 Å². The van der Waals surface area contributed by atoms with Crippen LogP contribution in [0, 0.1) is 0 Å². The average Bonchev–Trinajstić information content (AvgIpc) is 2.11. The normalized spacial score (nSPS) is 17.6. The lowest BCUT2D eigenvalue weighted by molar-refractivity contribution is 0.601. The summed E-state index contributed by atoms with van der Waals surface area (Å²) in [6, 6.07) is 0.